The van der Waals surface area contributed by atoms with Crippen LogP contribution in [0.3, 0.4) is 0 Å². The van der Waals surface area contributed by atoms with E-state index in [9.17, 15) is 0 Å². The van der Waals surface area contributed by atoms with Crippen LogP contribution in [0, 0.1) is 11.3 Å². The molecule has 0 heterocycles. The summed E-state index contributed by atoms with van der Waals surface area (Å²) in [5, 5.41) is 0. The molecule has 0 amide bonds. The van der Waals surface area contributed by atoms with Gasteiger partial charge in [0.05, 0.1) is 5.69 Å². The first-order chi connectivity index (χ1) is 9.19. The molecular weight excluding hydrogens is 230 g/mol. The minimum Gasteiger partial charge on any atom is -0.261 e. The zero-order valence-corrected chi connectivity index (χ0v) is 11.5. The molecular formula is C18H19N. The molecule has 0 N–H and O–H groups in total. The van der Waals surface area contributed by atoms with E-state index >= 15 is 0 Å². The zero-order chi connectivity index (χ0) is 13.3. The average molecular weight is 249 g/mol. The Morgan fingerprint density at radius 2 is 1.47 bits per heavy atom. The molecule has 0 saturated heterocycles. The van der Waals surface area contributed by atoms with Crippen molar-refractivity contribution in [2.75, 3.05) is 0 Å². The maximum atomic E-state index is 4.61. The van der Waals surface area contributed by atoms with Gasteiger partial charge in [-0.2, -0.15) is 0 Å². The molecule has 1 aliphatic rings. The van der Waals surface area contributed by atoms with Crippen LogP contribution in [0.5, 0.6) is 0 Å². The number of hydrogen-bond acceptors (Lipinski definition) is 1. The van der Waals surface area contributed by atoms with E-state index in [-0.39, 0.29) is 0 Å². The molecule has 0 aromatic heterocycles. The lowest BCUT2D eigenvalue weighted by atomic mass is 10.0. The Morgan fingerprint density at radius 3 is 2.11 bits per heavy atom. The lowest BCUT2D eigenvalue weighted by Gasteiger charge is -2.01. The Morgan fingerprint density at radius 1 is 0.895 bits per heavy atom. The van der Waals surface area contributed by atoms with Crippen molar-refractivity contribution in [3.8, 4) is 0 Å². The largest absolute Gasteiger partial charge is 0.261 e. The fourth-order valence-electron chi connectivity index (χ4n) is 2.93. The monoisotopic (exact) mass is 249 g/mol. The Hall–Kier alpha value is -1.89. The summed E-state index contributed by atoms with van der Waals surface area (Å²) < 4.78 is 0. The van der Waals surface area contributed by atoms with Gasteiger partial charge in [-0.1, -0.05) is 62.4 Å². The van der Waals surface area contributed by atoms with Gasteiger partial charge < -0.3 is 0 Å². The van der Waals surface area contributed by atoms with E-state index < -0.39 is 0 Å². The second kappa shape index (κ2) is 4.65. The van der Waals surface area contributed by atoms with Gasteiger partial charge in [-0.3, -0.25) is 4.99 Å². The predicted octanol–water partition coefficient (Wildman–Crippen LogP) is 4.83. The highest BCUT2D eigenvalue weighted by atomic mass is 14.8. The van der Waals surface area contributed by atoms with Gasteiger partial charge in [0.2, 0.25) is 0 Å². The van der Waals surface area contributed by atoms with Crippen molar-refractivity contribution in [2.45, 2.75) is 19.8 Å². The standard InChI is InChI=1S/C18H19N/c1-18(2)16(13-19-15-11-7-4-8-12-15)17(18)14-9-5-3-6-10-14/h3-13,16-17H,1-2H3/t16-,17-/m0/s1. The van der Waals surface area contributed by atoms with E-state index in [1.54, 1.807) is 0 Å². The highest BCUT2D eigenvalue weighted by molar-refractivity contribution is 5.73. The first kappa shape index (κ1) is 12.2. The van der Waals surface area contributed by atoms with Crippen LogP contribution >= 0.6 is 0 Å². The summed E-state index contributed by atoms with van der Waals surface area (Å²) in [5.74, 6) is 1.14. The topological polar surface area (TPSA) is 12.4 Å². The smallest absolute Gasteiger partial charge is 0.0625 e. The molecule has 0 unspecified atom stereocenters. The molecule has 0 spiro atoms. The number of hydrogen-bond donors (Lipinski definition) is 0. The first-order valence-corrected chi connectivity index (χ1v) is 6.84. The summed E-state index contributed by atoms with van der Waals surface area (Å²) in [6.07, 6.45) is 2.13. The third-order valence-corrected chi connectivity index (χ3v) is 4.21. The lowest BCUT2D eigenvalue weighted by molar-refractivity contribution is 0.604. The number of benzene rings is 2. The quantitative estimate of drug-likeness (QED) is 0.691. The highest BCUT2D eigenvalue weighted by Crippen LogP contribution is 2.63. The van der Waals surface area contributed by atoms with Crippen molar-refractivity contribution in [2.24, 2.45) is 16.3 Å². The van der Waals surface area contributed by atoms with Gasteiger partial charge in [0, 0.05) is 12.1 Å². The molecule has 2 aromatic rings. The average Bonchev–Trinajstić information content (AvgIpc) is 3.00. The molecule has 1 saturated carbocycles. The molecule has 19 heavy (non-hydrogen) atoms. The van der Waals surface area contributed by atoms with Gasteiger partial charge in [0.15, 0.2) is 0 Å². The van der Waals surface area contributed by atoms with Crippen molar-refractivity contribution >= 4 is 11.9 Å². The van der Waals surface area contributed by atoms with Gasteiger partial charge in [-0.05, 0) is 29.0 Å². The Bertz CT molecular complexity index is 569. The molecule has 1 fully saturated rings. The number of para-hydroxylation sites is 1. The molecule has 1 heteroatoms. The minimum atomic E-state index is 0.319. The van der Waals surface area contributed by atoms with Crippen molar-refractivity contribution in [1.29, 1.82) is 0 Å². The summed E-state index contributed by atoms with van der Waals surface area (Å²) in [7, 11) is 0. The van der Waals surface area contributed by atoms with Crippen LogP contribution in [0.25, 0.3) is 0 Å². The maximum absolute atomic E-state index is 4.61. The minimum absolute atomic E-state index is 0.319. The van der Waals surface area contributed by atoms with Crippen molar-refractivity contribution < 1.29 is 0 Å². The Balaban J connectivity index is 1.78. The molecule has 1 aliphatic carbocycles. The van der Waals surface area contributed by atoms with Crippen LogP contribution in [0.15, 0.2) is 65.7 Å². The Kier molecular flexibility index (Phi) is 2.98. The van der Waals surface area contributed by atoms with E-state index in [2.05, 4.69) is 55.4 Å². The molecule has 0 aliphatic heterocycles. The van der Waals surface area contributed by atoms with Crippen LogP contribution in [-0.4, -0.2) is 6.21 Å². The van der Waals surface area contributed by atoms with Crippen LogP contribution in [-0.2, 0) is 0 Å². The van der Waals surface area contributed by atoms with Gasteiger partial charge in [-0.15, -0.1) is 0 Å². The second-order valence-corrected chi connectivity index (χ2v) is 5.85. The Labute approximate surface area is 115 Å². The summed E-state index contributed by atoms with van der Waals surface area (Å²) >= 11 is 0. The van der Waals surface area contributed by atoms with Gasteiger partial charge in [0.1, 0.15) is 0 Å². The second-order valence-electron chi connectivity index (χ2n) is 5.85. The van der Waals surface area contributed by atoms with Crippen LogP contribution in [0.4, 0.5) is 5.69 Å². The summed E-state index contributed by atoms with van der Waals surface area (Å²) in [6, 6.07) is 20.9. The van der Waals surface area contributed by atoms with Crippen LogP contribution < -0.4 is 0 Å². The first-order valence-electron chi connectivity index (χ1n) is 6.84. The summed E-state index contributed by atoms with van der Waals surface area (Å²) in [6.45, 7) is 4.65. The maximum Gasteiger partial charge on any atom is 0.0625 e. The number of nitrogens with zero attached hydrogens (tertiary/aromatic N) is 1. The predicted molar refractivity (Wildman–Crippen MR) is 81.0 cm³/mol. The molecule has 2 aromatic carbocycles. The van der Waals surface area contributed by atoms with Crippen LogP contribution in [0.1, 0.15) is 25.3 Å². The molecule has 0 radical (unpaired) electrons. The summed E-state index contributed by atoms with van der Waals surface area (Å²) in [4.78, 5) is 4.61. The fraction of sp³-hybridized carbons (Fsp3) is 0.278. The van der Waals surface area contributed by atoms with E-state index in [1.807, 2.05) is 30.3 Å². The number of aliphatic imine (C=N–C) groups is 1. The van der Waals surface area contributed by atoms with E-state index in [0.717, 1.165) is 5.69 Å². The van der Waals surface area contributed by atoms with Gasteiger partial charge in [0.25, 0.3) is 0 Å². The van der Waals surface area contributed by atoms with Crippen molar-refractivity contribution in [1.82, 2.24) is 0 Å². The SMILES string of the molecule is CC1(C)[C@@H](C=Nc2ccccc2)[C@@H]1c1ccccc1. The third kappa shape index (κ3) is 2.33. The molecule has 1 nitrogen and oxygen atoms in total. The molecule has 0 bridgehead atoms. The van der Waals surface area contributed by atoms with Crippen LogP contribution in [0.2, 0.25) is 0 Å². The molecule has 3 rings (SSSR count). The molecule has 96 valence electrons. The van der Waals surface area contributed by atoms with E-state index in [0.29, 0.717) is 17.3 Å². The lowest BCUT2D eigenvalue weighted by Crippen LogP contribution is -1.90. The van der Waals surface area contributed by atoms with Crippen molar-refractivity contribution in [3.05, 3.63) is 66.2 Å². The van der Waals surface area contributed by atoms with E-state index in [4.69, 9.17) is 0 Å². The fourth-order valence-corrected chi connectivity index (χ4v) is 2.93. The number of rotatable bonds is 3. The zero-order valence-electron chi connectivity index (χ0n) is 11.5. The molecule has 2 atom stereocenters. The normalized spacial score (nSPS) is 24.5. The van der Waals surface area contributed by atoms with Gasteiger partial charge >= 0.3 is 0 Å². The van der Waals surface area contributed by atoms with Crippen molar-refractivity contribution in [3.63, 3.8) is 0 Å². The van der Waals surface area contributed by atoms with E-state index in [1.165, 1.54) is 5.56 Å². The highest BCUT2D eigenvalue weighted by Gasteiger charge is 2.57. The summed E-state index contributed by atoms with van der Waals surface area (Å²) in [5.41, 5.74) is 2.79. The third-order valence-electron chi connectivity index (χ3n) is 4.21. The van der Waals surface area contributed by atoms with Gasteiger partial charge in [-0.25, -0.2) is 0 Å².